The van der Waals surface area contributed by atoms with Crippen molar-refractivity contribution in [1.82, 2.24) is 14.5 Å². The van der Waals surface area contributed by atoms with Crippen molar-refractivity contribution in [1.29, 1.82) is 0 Å². The molecule has 0 aliphatic rings. The van der Waals surface area contributed by atoms with Crippen LogP contribution in [0.25, 0.3) is 17.1 Å². The summed E-state index contributed by atoms with van der Waals surface area (Å²) in [5.41, 5.74) is 1.94. The van der Waals surface area contributed by atoms with Crippen LogP contribution in [0.4, 0.5) is 0 Å². The molecule has 0 saturated heterocycles. The van der Waals surface area contributed by atoms with Gasteiger partial charge in [-0.1, -0.05) is 51.3 Å². The average molecular weight is 369 g/mol. The van der Waals surface area contributed by atoms with Gasteiger partial charge >= 0.3 is 0 Å². The molecule has 20 heavy (non-hydrogen) atoms. The summed E-state index contributed by atoms with van der Waals surface area (Å²) in [6.07, 6.45) is 5.02. The molecule has 0 aliphatic heterocycles. The Bertz CT molecular complexity index is 753. The third-order valence-corrected chi connectivity index (χ3v) is 3.81. The fraction of sp³-hybridized carbons (Fsp3) is 0. The summed E-state index contributed by atoms with van der Waals surface area (Å²) in [4.78, 5) is 8.45. The summed E-state index contributed by atoms with van der Waals surface area (Å²) in [6, 6.07) is 9.62. The molecule has 0 amide bonds. The summed E-state index contributed by atoms with van der Waals surface area (Å²) in [5.74, 6) is 0.603. The first-order valence-electron chi connectivity index (χ1n) is 5.75. The molecule has 100 valence electrons. The number of imidazole rings is 1. The number of aromatic nitrogens is 3. The zero-order chi connectivity index (χ0) is 14.1. The van der Waals surface area contributed by atoms with Gasteiger partial charge in [-0.25, -0.2) is 9.97 Å². The SMILES string of the molecule is Clc1cnc(-n2cncc2-c2ccc(Br)cc2)c(Cl)c1. The first-order valence-corrected chi connectivity index (χ1v) is 7.30. The van der Waals surface area contributed by atoms with Crippen molar-refractivity contribution in [2.24, 2.45) is 0 Å². The van der Waals surface area contributed by atoms with Gasteiger partial charge in [0.25, 0.3) is 0 Å². The Morgan fingerprint density at radius 1 is 1.05 bits per heavy atom. The zero-order valence-electron chi connectivity index (χ0n) is 10.1. The Kier molecular flexibility index (Phi) is 3.78. The van der Waals surface area contributed by atoms with E-state index in [0.29, 0.717) is 15.9 Å². The molecule has 2 aromatic heterocycles. The number of hydrogen-bond acceptors (Lipinski definition) is 2. The van der Waals surface area contributed by atoms with Crippen LogP contribution in [-0.4, -0.2) is 14.5 Å². The highest BCUT2D eigenvalue weighted by atomic mass is 79.9. The molecule has 0 radical (unpaired) electrons. The molecule has 0 unspecified atom stereocenters. The number of benzene rings is 1. The molecule has 0 atom stereocenters. The molecule has 0 N–H and O–H groups in total. The third kappa shape index (κ3) is 2.59. The van der Waals surface area contributed by atoms with Crippen LogP contribution >= 0.6 is 39.1 Å². The molecule has 3 rings (SSSR count). The van der Waals surface area contributed by atoms with E-state index in [4.69, 9.17) is 23.2 Å². The van der Waals surface area contributed by atoms with Crippen molar-refractivity contribution < 1.29 is 0 Å². The summed E-state index contributed by atoms with van der Waals surface area (Å²) >= 11 is 15.5. The zero-order valence-corrected chi connectivity index (χ0v) is 13.2. The Morgan fingerprint density at radius 2 is 1.80 bits per heavy atom. The van der Waals surface area contributed by atoms with E-state index in [0.717, 1.165) is 15.7 Å². The predicted molar refractivity (Wildman–Crippen MR) is 84.5 cm³/mol. The van der Waals surface area contributed by atoms with Crippen molar-refractivity contribution in [3.63, 3.8) is 0 Å². The highest BCUT2D eigenvalue weighted by molar-refractivity contribution is 9.10. The molecule has 0 aliphatic carbocycles. The van der Waals surface area contributed by atoms with Gasteiger partial charge in [0.15, 0.2) is 5.82 Å². The van der Waals surface area contributed by atoms with Gasteiger partial charge in [0.1, 0.15) is 6.33 Å². The minimum Gasteiger partial charge on any atom is -0.282 e. The quantitative estimate of drug-likeness (QED) is 0.636. The predicted octanol–water partition coefficient (Wildman–Crippen LogP) is 5.00. The van der Waals surface area contributed by atoms with Crippen LogP contribution in [0.1, 0.15) is 0 Å². The lowest BCUT2D eigenvalue weighted by atomic mass is 10.2. The molecular weight excluding hydrogens is 361 g/mol. The molecule has 0 saturated carbocycles. The number of pyridine rings is 1. The minimum atomic E-state index is 0.480. The van der Waals surface area contributed by atoms with Crippen LogP contribution in [0.2, 0.25) is 10.0 Å². The lowest BCUT2D eigenvalue weighted by Gasteiger charge is -2.09. The van der Waals surface area contributed by atoms with Gasteiger partial charge in [0.2, 0.25) is 0 Å². The average Bonchev–Trinajstić information content (AvgIpc) is 2.88. The Balaban J connectivity index is 2.12. The molecule has 3 aromatic rings. The number of hydrogen-bond donors (Lipinski definition) is 0. The molecule has 3 nitrogen and oxygen atoms in total. The van der Waals surface area contributed by atoms with Crippen LogP contribution in [0.3, 0.4) is 0 Å². The van der Waals surface area contributed by atoms with Crippen molar-refractivity contribution >= 4 is 39.1 Å². The number of halogens is 3. The van der Waals surface area contributed by atoms with E-state index in [1.54, 1.807) is 24.8 Å². The molecule has 2 heterocycles. The molecule has 6 heteroatoms. The largest absolute Gasteiger partial charge is 0.282 e. The second-order valence-corrected chi connectivity index (χ2v) is 5.87. The van der Waals surface area contributed by atoms with Crippen LogP contribution < -0.4 is 0 Å². The standard InChI is InChI=1S/C14H8BrCl2N3/c15-10-3-1-9(2-4-10)13-7-18-8-20(13)14-12(17)5-11(16)6-19-14/h1-8H. The van der Waals surface area contributed by atoms with Crippen LogP contribution in [0, 0.1) is 0 Å². The smallest absolute Gasteiger partial charge is 0.157 e. The van der Waals surface area contributed by atoms with E-state index in [9.17, 15) is 0 Å². The Morgan fingerprint density at radius 3 is 2.50 bits per heavy atom. The maximum Gasteiger partial charge on any atom is 0.157 e. The van der Waals surface area contributed by atoms with Crippen molar-refractivity contribution in [3.05, 3.63) is 63.6 Å². The molecular formula is C14H8BrCl2N3. The maximum absolute atomic E-state index is 6.20. The van der Waals surface area contributed by atoms with E-state index >= 15 is 0 Å². The highest BCUT2D eigenvalue weighted by Gasteiger charge is 2.11. The van der Waals surface area contributed by atoms with Crippen LogP contribution in [0.5, 0.6) is 0 Å². The molecule has 1 aromatic carbocycles. The van der Waals surface area contributed by atoms with Crippen LogP contribution in [-0.2, 0) is 0 Å². The van der Waals surface area contributed by atoms with Gasteiger partial charge < -0.3 is 0 Å². The third-order valence-electron chi connectivity index (χ3n) is 2.80. The summed E-state index contributed by atoms with van der Waals surface area (Å²) < 4.78 is 2.86. The normalized spacial score (nSPS) is 10.8. The molecule has 0 fully saturated rings. The van der Waals surface area contributed by atoms with E-state index in [1.165, 1.54) is 0 Å². The monoisotopic (exact) mass is 367 g/mol. The number of nitrogens with zero attached hydrogens (tertiary/aromatic N) is 3. The van der Waals surface area contributed by atoms with E-state index in [2.05, 4.69) is 25.9 Å². The number of rotatable bonds is 2. The summed E-state index contributed by atoms with van der Waals surface area (Å²) in [6.45, 7) is 0. The van der Waals surface area contributed by atoms with Gasteiger partial charge in [0, 0.05) is 16.2 Å². The van der Waals surface area contributed by atoms with Gasteiger partial charge in [-0.3, -0.25) is 4.57 Å². The van der Waals surface area contributed by atoms with Gasteiger partial charge in [0.05, 0.1) is 21.9 Å². The lowest BCUT2D eigenvalue weighted by Crippen LogP contribution is -1.99. The van der Waals surface area contributed by atoms with E-state index < -0.39 is 0 Å². The lowest BCUT2D eigenvalue weighted by molar-refractivity contribution is 0.999. The Labute approximate surface area is 134 Å². The van der Waals surface area contributed by atoms with Crippen molar-refractivity contribution in [2.75, 3.05) is 0 Å². The van der Waals surface area contributed by atoms with Gasteiger partial charge in [-0.05, 0) is 18.2 Å². The second-order valence-electron chi connectivity index (χ2n) is 4.11. The summed E-state index contributed by atoms with van der Waals surface area (Å²) in [7, 11) is 0. The topological polar surface area (TPSA) is 30.7 Å². The van der Waals surface area contributed by atoms with Crippen molar-refractivity contribution in [3.8, 4) is 17.1 Å². The fourth-order valence-corrected chi connectivity index (χ4v) is 2.62. The summed E-state index contributed by atoms with van der Waals surface area (Å²) in [5, 5.41) is 0.984. The first-order chi connectivity index (χ1) is 9.65. The molecule has 0 spiro atoms. The Hall–Kier alpha value is -1.36. The van der Waals surface area contributed by atoms with Crippen LogP contribution in [0.15, 0.2) is 53.5 Å². The van der Waals surface area contributed by atoms with Gasteiger partial charge in [-0.2, -0.15) is 0 Å². The molecule has 0 bridgehead atoms. The highest BCUT2D eigenvalue weighted by Crippen LogP contribution is 2.28. The fourth-order valence-electron chi connectivity index (χ4n) is 1.88. The van der Waals surface area contributed by atoms with E-state index in [1.807, 2.05) is 28.8 Å². The van der Waals surface area contributed by atoms with E-state index in [-0.39, 0.29) is 0 Å². The second kappa shape index (κ2) is 5.56. The first kappa shape index (κ1) is 13.6. The van der Waals surface area contributed by atoms with Crippen molar-refractivity contribution in [2.45, 2.75) is 0 Å². The van der Waals surface area contributed by atoms with Gasteiger partial charge in [-0.15, -0.1) is 0 Å². The maximum atomic E-state index is 6.20. The minimum absolute atomic E-state index is 0.480.